The number of aryl methyl sites for hydroxylation is 1. The van der Waals surface area contributed by atoms with E-state index < -0.39 is 0 Å². The fraction of sp³-hybridized carbons (Fsp3) is 0.545. The van der Waals surface area contributed by atoms with E-state index in [1.165, 1.54) is 4.90 Å². The average molecular weight is 236 g/mol. The minimum absolute atomic E-state index is 0.146. The average Bonchev–Trinajstić information content (AvgIpc) is 2.70. The summed E-state index contributed by atoms with van der Waals surface area (Å²) in [6.07, 6.45) is 4.17. The van der Waals surface area contributed by atoms with E-state index in [0.717, 1.165) is 5.56 Å². The third-order valence-corrected chi connectivity index (χ3v) is 2.87. The van der Waals surface area contributed by atoms with Crippen LogP contribution in [0.15, 0.2) is 12.4 Å². The van der Waals surface area contributed by atoms with Gasteiger partial charge in [0.05, 0.1) is 25.3 Å². The standard InChI is InChI=1S/C11H16N4O2/c1-3-9-11(17)15(10(16)5-12-9)7-8-4-13-14(2)6-8/h4,6,9,12H,3,5,7H2,1-2H3. The van der Waals surface area contributed by atoms with E-state index in [4.69, 9.17) is 0 Å². The third-order valence-electron chi connectivity index (χ3n) is 2.87. The normalized spacial score (nSPS) is 21.1. The number of aromatic nitrogens is 2. The summed E-state index contributed by atoms with van der Waals surface area (Å²) in [5, 5.41) is 6.95. The lowest BCUT2D eigenvalue weighted by Gasteiger charge is -2.30. The van der Waals surface area contributed by atoms with Crippen molar-refractivity contribution in [1.82, 2.24) is 20.0 Å². The molecule has 92 valence electrons. The van der Waals surface area contributed by atoms with E-state index in [-0.39, 0.29) is 24.4 Å². The molecule has 17 heavy (non-hydrogen) atoms. The van der Waals surface area contributed by atoms with Gasteiger partial charge in [-0.1, -0.05) is 6.92 Å². The van der Waals surface area contributed by atoms with Gasteiger partial charge in [0, 0.05) is 18.8 Å². The topological polar surface area (TPSA) is 67.2 Å². The number of rotatable bonds is 3. The predicted octanol–water partition coefficient (Wildman–Crippen LogP) is -0.343. The van der Waals surface area contributed by atoms with Crippen LogP contribution < -0.4 is 5.32 Å². The molecule has 0 radical (unpaired) electrons. The van der Waals surface area contributed by atoms with Crippen LogP contribution >= 0.6 is 0 Å². The van der Waals surface area contributed by atoms with Crippen molar-refractivity contribution in [3.05, 3.63) is 18.0 Å². The molecule has 1 aliphatic rings. The Balaban J connectivity index is 2.12. The molecule has 6 heteroatoms. The molecular weight excluding hydrogens is 220 g/mol. The van der Waals surface area contributed by atoms with Gasteiger partial charge < -0.3 is 0 Å². The van der Waals surface area contributed by atoms with Crippen LogP contribution in [0.5, 0.6) is 0 Å². The van der Waals surface area contributed by atoms with E-state index in [2.05, 4.69) is 10.4 Å². The van der Waals surface area contributed by atoms with Crippen LogP contribution in [0.1, 0.15) is 18.9 Å². The van der Waals surface area contributed by atoms with Crippen molar-refractivity contribution in [3.8, 4) is 0 Å². The van der Waals surface area contributed by atoms with Gasteiger partial charge in [-0.15, -0.1) is 0 Å². The molecular formula is C11H16N4O2. The summed E-state index contributed by atoms with van der Waals surface area (Å²) in [6.45, 7) is 2.46. The van der Waals surface area contributed by atoms with Crippen molar-refractivity contribution >= 4 is 11.8 Å². The number of carbonyl (C=O) groups excluding carboxylic acids is 2. The number of piperazine rings is 1. The molecule has 0 saturated carbocycles. The summed E-state index contributed by atoms with van der Waals surface area (Å²) < 4.78 is 1.66. The zero-order valence-electron chi connectivity index (χ0n) is 10.0. The monoisotopic (exact) mass is 236 g/mol. The van der Waals surface area contributed by atoms with Gasteiger partial charge in [0.15, 0.2) is 0 Å². The summed E-state index contributed by atoms with van der Waals surface area (Å²) >= 11 is 0. The largest absolute Gasteiger partial charge is 0.297 e. The van der Waals surface area contributed by atoms with Gasteiger partial charge in [0.2, 0.25) is 11.8 Å². The Morgan fingerprint density at radius 2 is 2.29 bits per heavy atom. The Morgan fingerprint density at radius 3 is 2.88 bits per heavy atom. The third kappa shape index (κ3) is 2.36. The van der Waals surface area contributed by atoms with E-state index in [1.807, 2.05) is 13.1 Å². The molecule has 1 N–H and O–H groups in total. The van der Waals surface area contributed by atoms with E-state index in [0.29, 0.717) is 13.0 Å². The van der Waals surface area contributed by atoms with Crippen LogP contribution in [0.3, 0.4) is 0 Å². The van der Waals surface area contributed by atoms with Crippen LogP contribution in [0.2, 0.25) is 0 Å². The summed E-state index contributed by atoms with van der Waals surface area (Å²) in [5.74, 6) is -0.323. The van der Waals surface area contributed by atoms with Gasteiger partial charge in [0.1, 0.15) is 0 Å². The van der Waals surface area contributed by atoms with Gasteiger partial charge >= 0.3 is 0 Å². The molecule has 0 aromatic carbocycles. The van der Waals surface area contributed by atoms with Gasteiger partial charge in [-0.2, -0.15) is 5.10 Å². The van der Waals surface area contributed by atoms with Gasteiger partial charge in [0.25, 0.3) is 0 Å². The van der Waals surface area contributed by atoms with Crippen LogP contribution in [0, 0.1) is 0 Å². The number of imide groups is 1. The maximum Gasteiger partial charge on any atom is 0.246 e. The lowest BCUT2D eigenvalue weighted by atomic mass is 10.1. The molecule has 1 aromatic heterocycles. The lowest BCUT2D eigenvalue weighted by Crippen LogP contribution is -2.57. The molecule has 6 nitrogen and oxygen atoms in total. The van der Waals surface area contributed by atoms with Crippen molar-refractivity contribution in [1.29, 1.82) is 0 Å². The number of hydrogen-bond acceptors (Lipinski definition) is 4. The molecule has 2 amide bonds. The summed E-state index contributed by atoms with van der Waals surface area (Å²) in [5.41, 5.74) is 0.867. The maximum atomic E-state index is 12.0. The zero-order chi connectivity index (χ0) is 12.4. The van der Waals surface area contributed by atoms with Gasteiger partial charge in [-0.05, 0) is 6.42 Å². The van der Waals surface area contributed by atoms with E-state index in [9.17, 15) is 9.59 Å². The number of nitrogens with one attached hydrogen (secondary N) is 1. The Kier molecular flexibility index (Phi) is 3.23. The first-order valence-corrected chi connectivity index (χ1v) is 5.67. The number of nitrogens with zero attached hydrogens (tertiary/aromatic N) is 3. The van der Waals surface area contributed by atoms with E-state index >= 15 is 0 Å². The second kappa shape index (κ2) is 4.67. The smallest absolute Gasteiger partial charge is 0.246 e. The summed E-state index contributed by atoms with van der Waals surface area (Å²) in [7, 11) is 1.81. The number of carbonyl (C=O) groups is 2. The second-order valence-electron chi connectivity index (χ2n) is 4.18. The Morgan fingerprint density at radius 1 is 1.53 bits per heavy atom. The van der Waals surface area contributed by atoms with Crippen molar-refractivity contribution in [3.63, 3.8) is 0 Å². The van der Waals surface area contributed by atoms with Crippen LogP contribution in [-0.4, -0.2) is 39.1 Å². The van der Waals surface area contributed by atoms with E-state index in [1.54, 1.807) is 17.9 Å². The van der Waals surface area contributed by atoms with Gasteiger partial charge in [-0.25, -0.2) is 0 Å². The molecule has 0 bridgehead atoms. The fourth-order valence-electron chi connectivity index (χ4n) is 1.93. The lowest BCUT2D eigenvalue weighted by molar-refractivity contribution is -0.150. The number of amides is 2. The van der Waals surface area contributed by atoms with Crippen molar-refractivity contribution in [2.75, 3.05) is 6.54 Å². The van der Waals surface area contributed by atoms with Crippen LogP contribution in [0.25, 0.3) is 0 Å². The molecule has 2 heterocycles. The molecule has 1 atom stereocenters. The highest BCUT2D eigenvalue weighted by molar-refractivity contribution is 6.01. The fourth-order valence-corrected chi connectivity index (χ4v) is 1.93. The highest BCUT2D eigenvalue weighted by Crippen LogP contribution is 2.10. The van der Waals surface area contributed by atoms with Gasteiger partial charge in [-0.3, -0.25) is 24.5 Å². The zero-order valence-corrected chi connectivity index (χ0v) is 10.0. The molecule has 1 fully saturated rings. The Hall–Kier alpha value is -1.69. The van der Waals surface area contributed by atoms with Crippen LogP contribution in [0.4, 0.5) is 0 Å². The first kappa shape index (κ1) is 11.8. The molecule has 2 rings (SSSR count). The van der Waals surface area contributed by atoms with Crippen molar-refractivity contribution in [2.45, 2.75) is 25.9 Å². The predicted molar refractivity (Wildman–Crippen MR) is 60.8 cm³/mol. The summed E-state index contributed by atoms with van der Waals surface area (Å²) in [4.78, 5) is 25.0. The summed E-state index contributed by atoms with van der Waals surface area (Å²) in [6, 6.07) is -0.246. The Bertz CT molecular complexity index is 440. The Labute approximate surface area is 99.6 Å². The molecule has 1 aliphatic heterocycles. The molecule has 0 spiro atoms. The minimum atomic E-state index is -0.246. The second-order valence-corrected chi connectivity index (χ2v) is 4.18. The molecule has 0 aliphatic carbocycles. The number of hydrogen-bond donors (Lipinski definition) is 1. The highest BCUT2D eigenvalue weighted by Gasteiger charge is 2.32. The minimum Gasteiger partial charge on any atom is -0.297 e. The first-order chi connectivity index (χ1) is 8.11. The maximum absolute atomic E-state index is 12.0. The quantitative estimate of drug-likeness (QED) is 0.729. The first-order valence-electron chi connectivity index (χ1n) is 5.67. The molecule has 1 unspecified atom stereocenters. The van der Waals surface area contributed by atoms with Crippen molar-refractivity contribution in [2.24, 2.45) is 7.05 Å². The SMILES string of the molecule is CCC1NCC(=O)N(Cc2cnn(C)c2)C1=O. The van der Waals surface area contributed by atoms with Crippen LogP contribution in [-0.2, 0) is 23.2 Å². The highest BCUT2D eigenvalue weighted by atomic mass is 16.2. The molecule has 1 saturated heterocycles. The molecule has 1 aromatic rings. The van der Waals surface area contributed by atoms with Crippen molar-refractivity contribution < 1.29 is 9.59 Å².